The molecule has 0 fully saturated rings. The predicted octanol–water partition coefficient (Wildman–Crippen LogP) is 3.91. The van der Waals surface area contributed by atoms with E-state index in [9.17, 15) is 4.79 Å². The Morgan fingerprint density at radius 2 is 2.00 bits per heavy atom. The van der Waals surface area contributed by atoms with Gasteiger partial charge in [-0.25, -0.2) is 4.98 Å². The van der Waals surface area contributed by atoms with E-state index in [4.69, 9.17) is 9.47 Å². The molecule has 1 aromatic carbocycles. The molecule has 3 aromatic rings. The number of carbonyl (C=O) groups is 1. The van der Waals surface area contributed by atoms with Gasteiger partial charge in [-0.15, -0.1) is 0 Å². The van der Waals surface area contributed by atoms with E-state index in [-0.39, 0.29) is 5.91 Å². The summed E-state index contributed by atoms with van der Waals surface area (Å²) in [4.78, 5) is 18.1. The van der Waals surface area contributed by atoms with Gasteiger partial charge < -0.3 is 19.4 Å². The Kier molecular flexibility index (Phi) is 4.62. The molecule has 6 nitrogen and oxygen atoms in total. The summed E-state index contributed by atoms with van der Waals surface area (Å²) in [6.07, 6.45) is 5.55. The summed E-state index contributed by atoms with van der Waals surface area (Å²) in [5.74, 6) is 1.20. The summed E-state index contributed by atoms with van der Waals surface area (Å²) in [5.41, 5.74) is 1.51. The van der Waals surface area contributed by atoms with Gasteiger partial charge in [0.15, 0.2) is 16.6 Å². The number of aromatic nitrogens is 2. The maximum absolute atomic E-state index is 12.8. The van der Waals surface area contributed by atoms with E-state index >= 15 is 0 Å². The van der Waals surface area contributed by atoms with Crippen LogP contribution in [0.5, 0.6) is 11.5 Å². The zero-order valence-electron chi connectivity index (χ0n) is 14.4. The van der Waals surface area contributed by atoms with Gasteiger partial charge in [-0.3, -0.25) is 4.79 Å². The van der Waals surface area contributed by atoms with Gasteiger partial charge in [-0.2, -0.15) is 0 Å². The quantitative estimate of drug-likeness (QED) is 0.740. The molecule has 1 aliphatic rings. The van der Waals surface area contributed by atoms with Crippen LogP contribution in [0.1, 0.15) is 28.7 Å². The number of thiazole rings is 1. The summed E-state index contributed by atoms with van der Waals surface area (Å²) in [7, 11) is 0. The molecule has 0 saturated carbocycles. The first-order valence-electron chi connectivity index (χ1n) is 8.58. The average molecular weight is 369 g/mol. The van der Waals surface area contributed by atoms with Crippen LogP contribution in [0.25, 0.3) is 5.13 Å². The molecule has 26 heavy (non-hydrogen) atoms. The highest BCUT2D eigenvalue weighted by atomic mass is 32.1. The van der Waals surface area contributed by atoms with Crippen LogP contribution in [0, 0.1) is 0 Å². The largest absolute Gasteiger partial charge is 0.486 e. The van der Waals surface area contributed by atoms with Crippen molar-refractivity contribution in [3.63, 3.8) is 0 Å². The topological polar surface area (TPSA) is 65.4 Å². The summed E-state index contributed by atoms with van der Waals surface area (Å²) < 4.78 is 13.0. The first-order valence-corrected chi connectivity index (χ1v) is 9.40. The number of aryl methyl sites for hydroxylation is 1. The number of benzene rings is 1. The number of fused-ring (bicyclic) bond motifs is 1. The van der Waals surface area contributed by atoms with Gasteiger partial charge in [0.1, 0.15) is 18.1 Å². The molecular weight excluding hydrogens is 350 g/mol. The standard InChI is InChI=1S/C19H19N3O3S/c1-2-5-14-17(26-19(21-14)22-8-3-4-9-22)18(23)20-13-6-7-15-16(12-13)25-11-10-24-15/h3-4,6-9,12H,2,5,10-11H2,1H3,(H,20,23). The number of nitrogens with zero attached hydrogens (tertiary/aromatic N) is 2. The molecule has 0 atom stereocenters. The molecule has 3 heterocycles. The van der Waals surface area contributed by atoms with E-state index in [1.54, 1.807) is 6.07 Å². The number of nitrogens with one attached hydrogen (secondary N) is 1. The minimum absolute atomic E-state index is 0.152. The molecule has 0 bridgehead atoms. The lowest BCUT2D eigenvalue weighted by atomic mass is 10.2. The van der Waals surface area contributed by atoms with Gasteiger partial charge in [0.2, 0.25) is 0 Å². The highest BCUT2D eigenvalue weighted by Gasteiger charge is 2.19. The second kappa shape index (κ2) is 7.21. The fraction of sp³-hybridized carbons (Fsp3) is 0.263. The highest BCUT2D eigenvalue weighted by Crippen LogP contribution is 2.33. The molecule has 0 spiro atoms. The van der Waals surface area contributed by atoms with E-state index in [1.165, 1.54) is 11.3 Å². The zero-order chi connectivity index (χ0) is 17.9. The molecule has 1 amide bonds. The Hall–Kier alpha value is -2.80. The lowest BCUT2D eigenvalue weighted by molar-refractivity contribution is 0.102. The third-order valence-corrected chi connectivity index (χ3v) is 5.11. The van der Waals surface area contributed by atoms with Crippen LogP contribution in [-0.4, -0.2) is 28.7 Å². The molecule has 0 aliphatic carbocycles. The maximum atomic E-state index is 12.8. The SMILES string of the molecule is CCCc1nc(-n2cccc2)sc1C(=O)Nc1ccc2c(c1)OCCO2. The van der Waals surface area contributed by atoms with E-state index in [0.29, 0.717) is 35.3 Å². The first kappa shape index (κ1) is 16.7. The Balaban J connectivity index is 1.59. The second-order valence-electron chi connectivity index (χ2n) is 5.93. The Morgan fingerprint density at radius 1 is 1.23 bits per heavy atom. The van der Waals surface area contributed by atoms with Crippen molar-refractivity contribution >= 4 is 22.9 Å². The monoisotopic (exact) mass is 369 g/mol. The lowest BCUT2D eigenvalue weighted by Crippen LogP contribution is -2.16. The molecule has 1 aliphatic heterocycles. The van der Waals surface area contributed by atoms with Crippen molar-refractivity contribution in [1.82, 2.24) is 9.55 Å². The van der Waals surface area contributed by atoms with Crippen molar-refractivity contribution in [3.05, 3.63) is 53.3 Å². The molecular formula is C19H19N3O3S. The average Bonchev–Trinajstić information content (AvgIpc) is 3.31. The van der Waals surface area contributed by atoms with Gasteiger partial charge in [0.25, 0.3) is 5.91 Å². The number of anilines is 1. The predicted molar refractivity (Wildman–Crippen MR) is 101 cm³/mol. The van der Waals surface area contributed by atoms with Gasteiger partial charge in [-0.1, -0.05) is 24.7 Å². The lowest BCUT2D eigenvalue weighted by Gasteiger charge is -2.18. The fourth-order valence-electron chi connectivity index (χ4n) is 2.80. The molecule has 134 valence electrons. The van der Waals surface area contributed by atoms with Gasteiger partial charge in [0, 0.05) is 24.1 Å². The normalized spacial score (nSPS) is 12.8. The first-order chi connectivity index (χ1) is 12.7. The van der Waals surface area contributed by atoms with Gasteiger partial charge >= 0.3 is 0 Å². The van der Waals surface area contributed by atoms with Crippen molar-refractivity contribution < 1.29 is 14.3 Å². The van der Waals surface area contributed by atoms with E-state index in [2.05, 4.69) is 17.2 Å². The van der Waals surface area contributed by atoms with E-state index in [0.717, 1.165) is 23.7 Å². The third-order valence-electron chi connectivity index (χ3n) is 4.00. The summed E-state index contributed by atoms with van der Waals surface area (Å²) in [6.45, 7) is 3.14. The van der Waals surface area contributed by atoms with Crippen LogP contribution in [0.4, 0.5) is 5.69 Å². The Morgan fingerprint density at radius 3 is 2.77 bits per heavy atom. The minimum atomic E-state index is -0.152. The fourth-order valence-corrected chi connectivity index (χ4v) is 3.78. The van der Waals surface area contributed by atoms with Crippen LogP contribution in [0.3, 0.4) is 0 Å². The number of amides is 1. The molecule has 0 unspecified atom stereocenters. The van der Waals surface area contributed by atoms with Crippen LogP contribution in [0.2, 0.25) is 0 Å². The molecule has 1 N–H and O–H groups in total. The number of ether oxygens (including phenoxy) is 2. The molecule has 0 saturated heterocycles. The van der Waals surface area contributed by atoms with E-state index in [1.807, 2.05) is 41.2 Å². The van der Waals surface area contributed by atoms with Crippen LogP contribution >= 0.6 is 11.3 Å². The summed E-state index contributed by atoms with van der Waals surface area (Å²) in [6, 6.07) is 9.30. The van der Waals surface area contributed by atoms with Crippen LogP contribution in [0.15, 0.2) is 42.7 Å². The third kappa shape index (κ3) is 3.30. The number of hydrogen-bond acceptors (Lipinski definition) is 5. The van der Waals surface area contributed by atoms with Crippen molar-refractivity contribution in [2.45, 2.75) is 19.8 Å². The smallest absolute Gasteiger partial charge is 0.267 e. The van der Waals surface area contributed by atoms with E-state index < -0.39 is 0 Å². The summed E-state index contributed by atoms with van der Waals surface area (Å²) in [5, 5.41) is 3.75. The van der Waals surface area contributed by atoms with Crippen molar-refractivity contribution in [2.75, 3.05) is 18.5 Å². The van der Waals surface area contributed by atoms with Crippen molar-refractivity contribution in [3.8, 4) is 16.6 Å². The summed E-state index contributed by atoms with van der Waals surface area (Å²) >= 11 is 1.40. The van der Waals surface area contributed by atoms with Crippen LogP contribution in [-0.2, 0) is 6.42 Å². The number of hydrogen-bond donors (Lipinski definition) is 1. The van der Waals surface area contributed by atoms with Gasteiger partial charge in [0.05, 0.1) is 5.69 Å². The Bertz CT molecular complexity index is 918. The maximum Gasteiger partial charge on any atom is 0.267 e. The minimum Gasteiger partial charge on any atom is -0.486 e. The second-order valence-corrected chi connectivity index (χ2v) is 6.90. The zero-order valence-corrected chi connectivity index (χ0v) is 15.2. The highest BCUT2D eigenvalue weighted by molar-refractivity contribution is 7.16. The molecule has 7 heteroatoms. The molecule has 4 rings (SSSR count). The van der Waals surface area contributed by atoms with Crippen LogP contribution < -0.4 is 14.8 Å². The van der Waals surface area contributed by atoms with Crippen molar-refractivity contribution in [2.24, 2.45) is 0 Å². The molecule has 2 aromatic heterocycles. The Labute approximate surface area is 155 Å². The molecule has 0 radical (unpaired) electrons. The van der Waals surface area contributed by atoms with Crippen molar-refractivity contribution in [1.29, 1.82) is 0 Å². The van der Waals surface area contributed by atoms with Gasteiger partial charge in [-0.05, 0) is 30.7 Å². The number of carbonyl (C=O) groups excluding carboxylic acids is 1. The number of rotatable bonds is 5.